The molecule has 0 radical (unpaired) electrons. The van der Waals surface area contributed by atoms with Gasteiger partial charge in [0.1, 0.15) is 12.4 Å². The van der Waals surface area contributed by atoms with Gasteiger partial charge in [0, 0.05) is 16.1 Å². The number of hydrogen-bond donors (Lipinski definition) is 0. The molecule has 0 fully saturated rings. The van der Waals surface area contributed by atoms with Crippen LogP contribution in [0.1, 0.15) is 21.5 Å². The zero-order valence-electron chi connectivity index (χ0n) is 16.7. The number of rotatable bonds is 7. The molecule has 0 aliphatic carbocycles. The van der Waals surface area contributed by atoms with Gasteiger partial charge in [0.15, 0.2) is 11.5 Å². The highest BCUT2D eigenvalue weighted by Crippen LogP contribution is 2.31. The molecule has 0 aromatic heterocycles. The van der Waals surface area contributed by atoms with Crippen LogP contribution in [0.5, 0.6) is 11.5 Å². The van der Waals surface area contributed by atoms with E-state index in [0.717, 1.165) is 0 Å². The topological polar surface area (TPSA) is 35.5 Å². The van der Waals surface area contributed by atoms with Gasteiger partial charge in [0.25, 0.3) is 0 Å². The van der Waals surface area contributed by atoms with Crippen molar-refractivity contribution in [3.8, 4) is 11.5 Å². The molecule has 0 amide bonds. The summed E-state index contributed by atoms with van der Waals surface area (Å²) in [7, 11) is 1.32. The Morgan fingerprint density at radius 1 is 0.909 bits per heavy atom. The lowest BCUT2D eigenvalue weighted by molar-refractivity contribution is 0.104. The third-order valence-corrected chi connectivity index (χ3v) is 5.02. The average molecular weight is 503 g/mol. The first-order valence-corrected chi connectivity index (χ1v) is 9.88. The Morgan fingerprint density at radius 2 is 1.55 bits per heavy atom. The molecule has 3 rings (SSSR count). The summed E-state index contributed by atoms with van der Waals surface area (Å²) in [5.74, 6) is -12.3. The second-order valence-electron chi connectivity index (χ2n) is 6.58. The van der Waals surface area contributed by atoms with Gasteiger partial charge < -0.3 is 9.47 Å². The number of carbonyl (C=O) groups is 1. The van der Waals surface area contributed by atoms with Crippen molar-refractivity contribution in [3.63, 3.8) is 0 Å². The molecule has 0 N–H and O–H groups in total. The van der Waals surface area contributed by atoms with Gasteiger partial charge >= 0.3 is 0 Å². The monoisotopic (exact) mass is 502 g/mol. The molecule has 3 nitrogen and oxygen atoms in total. The van der Waals surface area contributed by atoms with E-state index >= 15 is 0 Å². The van der Waals surface area contributed by atoms with Crippen molar-refractivity contribution < 1.29 is 36.2 Å². The van der Waals surface area contributed by atoms with Gasteiger partial charge in [-0.25, -0.2) is 13.2 Å². The van der Waals surface area contributed by atoms with Crippen LogP contribution in [-0.4, -0.2) is 12.9 Å². The Labute approximate surface area is 195 Å². The summed E-state index contributed by atoms with van der Waals surface area (Å²) < 4.78 is 77.7. The van der Waals surface area contributed by atoms with Crippen LogP contribution in [0.25, 0.3) is 6.08 Å². The van der Waals surface area contributed by atoms with Crippen molar-refractivity contribution in [1.29, 1.82) is 0 Å². The Morgan fingerprint density at radius 3 is 2.15 bits per heavy atom. The molecule has 33 heavy (non-hydrogen) atoms. The molecule has 0 heterocycles. The molecular weight excluding hydrogens is 490 g/mol. The summed E-state index contributed by atoms with van der Waals surface area (Å²) in [6.07, 6.45) is 2.68. The van der Waals surface area contributed by atoms with Crippen molar-refractivity contribution >= 4 is 35.1 Å². The second kappa shape index (κ2) is 10.2. The van der Waals surface area contributed by atoms with Gasteiger partial charge in [-0.1, -0.05) is 35.3 Å². The summed E-state index contributed by atoms with van der Waals surface area (Å²) in [6, 6.07) is 8.92. The Bertz CT molecular complexity index is 1230. The van der Waals surface area contributed by atoms with Gasteiger partial charge in [0.2, 0.25) is 29.1 Å². The number of benzene rings is 3. The fraction of sp³-hybridized carbons (Fsp3) is 0.0870. The number of allylic oxidation sites excluding steroid dienone is 1. The molecule has 172 valence electrons. The highest BCUT2D eigenvalue weighted by Gasteiger charge is 2.27. The Hall–Kier alpha value is -3.10. The maximum Gasteiger partial charge on any atom is 0.207 e. The number of ether oxygens (including phenoxy) is 2. The van der Waals surface area contributed by atoms with E-state index in [0.29, 0.717) is 10.6 Å². The standard InChI is InChI=1S/C23H13Cl2F5O3/c1-32-17-7-3-11(2-6-16(31)14-5-4-13(24)9-15(14)25)8-12(17)10-33-23-21(29)19(27)18(26)20(28)22(23)30/h2-9H,10H2,1H3/b6-2+. The van der Waals surface area contributed by atoms with Gasteiger partial charge in [0.05, 0.1) is 12.1 Å². The zero-order valence-corrected chi connectivity index (χ0v) is 18.2. The number of halogens is 7. The predicted octanol–water partition coefficient (Wildman–Crippen LogP) is 7.17. The molecule has 0 atom stereocenters. The summed E-state index contributed by atoms with van der Waals surface area (Å²) in [5, 5.41) is 0.540. The largest absolute Gasteiger partial charge is 0.496 e. The minimum Gasteiger partial charge on any atom is -0.496 e. The van der Waals surface area contributed by atoms with E-state index < -0.39 is 47.2 Å². The van der Waals surface area contributed by atoms with E-state index in [1.54, 1.807) is 6.07 Å². The highest BCUT2D eigenvalue weighted by molar-refractivity contribution is 6.37. The first kappa shape index (κ1) is 24.5. The lowest BCUT2D eigenvalue weighted by Crippen LogP contribution is -2.07. The molecule has 0 bridgehead atoms. The van der Waals surface area contributed by atoms with Crippen molar-refractivity contribution in [2.45, 2.75) is 6.61 Å². The lowest BCUT2D eigenvalue weighted by atomic mass is 10.1. The van der Waals surface area contributed by atoms with Gasteiger partial charge in [-0.3, -0.25) is 4.79 Å². The van der Waals surface area contributed by atoms with Gasteiger partial charge in [-0.05, 0) is 42.0 Å². The molecular formula is C23H13Cl2F5O3. The van der Waals surface area contributed by atoms with Gasteiger partial charge in [-0.15, -0.1) is 0 Å². The normalized spacial score (nSPS) is 11.2. The molecule has 0 saturated heterocycles. The van der Waals surface area contributed by atoms with Crippen LogP contribution in [-0.2, 0) is 6.61 Å². The van der Waals surface area contributed by atoms with E-state index in [-0.39, 0.29) is 21.9 Å². The molecule has 10 heteroatoms. The van der Waals surface area contributed by atoms with E-state index in [1.165, 1.54) is 49.6 Å². The molecule has 0 aliphatic rings. The number of methoxy groups -OCH3 is 1. The second-order valence-corrected chi connectivity index (χ2v) is 7.42. The lowest BCUT2D eigenvalue weighted by Gasteiger charge is -2.13. The van der Waals surface area contributed by atoms with Crippen LogP contribution in [0.3, 0.4) is 0 Å². The van der Waals surface area contributed by atoms with E-state index in [2.05, 4.69) is 0 Å². The molecule has 0 unspecified atom stereocenters. The zero-order chi connectivity index (χ0) is 24.3. The first-order valence-electron chi connectivity index (χ1n) is 9.12. The maximum absolute atomic E-state index is 13.9. The minimum atomic E-state index is -2.28. The van der Waals surface area contributed by atoms with Crippen molar-refractivity contribution in [2.75, 3.05) is 7.11 Å². The first-order chi connectivity index (χ1) is 15.6. The fourth-order valence-electron chi connectivity index (χ4n) is 2.83. The third kappa shape index (κ3) is 5.29. The molecule has 0 spiro atoms. The highest BCUT2D eigenvalue weighted by atomic mass is 35.5. The molecule has 3 aromatic rings. The summed E-state index contributed by atoms with van der Waals surface area (Å²) in [6.45, 7) is -0.583. The molecule has 3 aromatic carbocycles. The van der Waals surface area contributed by atoms with Crippen molar-refractivity contribution in [3.05, 3.63) is 98.3 Å². The predicted molar refractivity (Wildman–Crippen MR) is 113 cm³/mol. The van der Waals surface area contributed by atoms with Crippen LogP contribution in [0.15, 0.2) is 42.5 Å². The summed E-state index contributed by atoms with van der Waals surface area (Å²) in [5.41, 5.74) is 0.909. The number of carbonyl (C=O) groups excluding carboxylic acids is 1. The molecule has 0 saturated carbocycles. The fourth-order valence-corrected chi connectivity index (χ4v) is 3.33. The average Bonchev–Trinajstić information content (AvgIpc) is 2.80. The molecule has 0 aliphatic heterocycles. The van der Waals surface area contributed by atoms with E-state index in [4.69, 9.17) is 32.7 Å². The van der Waals surface area contributed by atoms with Crippen LogP contribution in [0.2, 0.25) is 10.0 Å². The SMILES string of the molecule is COc1ccc(/C=C/C(=O)c2ccc(Cl)cc2Cl)cc1COc1c(F)c(F)c(F)c(F)c1F. The van der Waals surface area contributed by atoms with Crippen LogP contribution in [0.4, 0.5) is 22.0 Å². The van der Waals surface area contributed by atoms with E-state index in [1.807, 2.05) is 0 Å². The summed E-state index contributed by atoms with van der Waals surface area (Å²) >= 11 is 11.8. The maximum atomic E-state index is 13.9. The van der Waals surface area contributed by atoms with Crippen LogP contribution >= 0.6 is 23.2 Å². The smallest absolute Gasteiger partial charge is 0.207 e. The third-order valence-electron chi connectivity index (χ3n) is 4.47. The van der Waals surface area contributed by atoms with Crippen LogP contribution < -0.4 is 9.47 Å². The van der Waals surface area contributed by atoms with Crippen molar-refractivity contribution in [1.82, 2.24) is 0 Å². The number of ketones is 1. The van der Waals surface area contributed by atoms with Crippen molar-refractivity contribution in [2.24, 2.45) is 0 Å². The number of hydrogen-bond acceptors (Lipinski definition) is 3. The van der Waals surface area contributed by atoms with E-state index in [9.17, 15) is 26.7 Å². The quantitative estimate of drug-likeness (QED) is 0.113. The van der Waals surface area contributed by atoms with Crippen LogP contribution in [0, 0.1) is 29.1 Å². The Kier molecular flexibility index (Phi) is 7.61. The minimum absolute atomic E-state index is 0.170. The van der Waals surface area contributed by atoms with Gasteiger partial charge in [-0.2, -0.15) is 8.78 Å². The summed E-state index contributed by atoms with van der Waals surface area (Å²) in [4.78, 5) is 12.4. The Balaban J connectivity index is 1.85.